The summed E-state index contributed by atoms with van der Waals surface area (Å²) in [7, 11) is 0. The van der Waals surface area contributed by atoms with Crippen molar-refractivity contribution in [1.82, 2.24) is 14.8 Å². The molecule has 0 fully saturated rings. The summed E-state index contributed by atoms with van der Waals surface area (Å²) < 4.78 is 6.44. The van der Waals surface area contributed by atoms with Gasteiger partial charge in [-0.15, -0.1) is 5.10 Å². The molecule has 100 valence electrons. The van der Waals surface area contributed by atoms with E-state index in [1.807, 2.05) is 30.3 Å². The molecule has 1 aromatic heterocycles. The lowest BCUT2D eigenvalue weighted by atomic mass is 10.2. The lowest BCUT2D eigenvalue weighted by Crippen LogP contribution is -2.15. The van der Waals surface area contributed by atoms with Crippen LogP contribution < -0.4 is 5.32 Å². The molecule has 0 aliphatic rings. The maximum atomic E-state index is 11.5. The van der Waals surface area contributed by atoms with Crippen LogP contribution in [0.4, 0.5) is 10.7 Å². The molecule has 0 aliphatic heterocycles. The number of anilines is 1. The third-order valence-electron chi connectivity index (χ3n) is 2.29. The Hall–Kier alpha value is -2.41. The molecule has 0 bridgehead atoms. The largest absolute Gasteiger partial charge is 0.444 e. The van der Waals surface area contributed by atoms with Crippen LogP contribution in [0.5, 0.6) is 0 Å². The number of ether oxygens (including phenoxy) is 1. The van der Waals surface area contributed by atoms with Crippen molar-refractivity contribution in [3.63, 3.8) is 0 Å². The molecule has 0 unspecified atom stereocenters. The molecular weight excluding hydrogens is 248 g/mol. The van der Waals surface area contributed by atoms with Crippen LogP contribution in [-0.2, 0) is 17.9 Å². The lowest BCUT2D eigenvalue weighted by Gasteiger charge is -2.04. The average molecular weight is 262 g/mol. The van der Waals surface area contributed by atoms with Gasteiger partial charge in [-0.3, -0.25) is 5.32 Å². The molecule has 0 radical (unpaired) electrons. The first-order valence-corrected chi connectivity index (χ1v) is 5.76. The van der Waals surface area contributed by atoms with Crippen LogP contribution in [0.15, 0.2) is 36.7 Å². The second-order valence-electron chi connectivity index (χ2n) is 3.74. The quantitative estimate of drug-likeness (QED) is 0.839. The van der Waals surface area contributed by atoms with Crippen LogP contribution in [0.3, 0.4) is 0 Å². The molecule has 0 aliphatic carbocycles. The Morgan fingerprint density at radius 2 is 2.16 bits per heavy atom. The topological polar surface area (TPSA) is 89.3 Å². The third kappa shape index (κ3) is 4.07. The summed E-state index contributed by atoms with van der Waals surface area (Å²) >= 11 is 0. The van der Waals surface area contributed by atoms with Crippen LogP contribution >= 0.6 is 0 Å². The Kier molecular flexibility index (Phi) is 4.46. The number of aliphatic hydroxyl groups excluding tert-OH is 1. The van der Waals surface area contributed by atoms with Gasteiger partial charge >= 0.3 is 6.09 Å². The van der Waals surface area contributed by atoms with Gasteiger partial charge in [0, 0.05) is 0 Å². The molecule has 7 nitrogen and oxygen atoms in total. The lowest BCUT2D eigenvalue weighted by molar-refractivity contribution is 0.155. The second-order valence-corrected chi connectivity index (χ2v) is 3.74. The first kappa shape index (κ1) is 13.0. The summed E-state index contributed by atoms with van der Waals surface area (Å²) in [4.78, 5) is 15.3. The number of nitrogens with one attached hydrogen (secondary N) is 1. The minimum Gasteiger partial charge on any atom is -0.444 e. The molecule has 19 heavy (non-hydrogen) atoms. The Morgan fingerprint density at radius 3 is 2.89 bits per heavy atom. The van der Waals surface area contributed by atoms with Gasteiger partial charge in [0.1, 0.15) is 12.9 Å². The Balaban J connectivity index is 1.80. The van der Waals surface area contributed by atoms with Crippen molar-refractivity contribution in [3.05, 3.63) is 42.2 Å². The van der Waals surface area contributed by atoms with Gasteiger partial charge in [0.05, 0.1) is 13.2 Å². The smallest absolute Gasteiger partial charge is 0.414 e. The monoisotopic (exact) mass is 262 g/mol. The second kappa shape index (κ2) is 6.50. The normalized spacial score (nSPS) is 10.2. The molecule has 2 aromatic rings. The number of hydrogen-bond acceptors (Lipinski definition) is 5. The van der Waals surface area contributed by atoms with Crippen molar-refractivity contribution in [1.29, 1.82) is 0 Å². The number of nitrogens with zero attached hydrogens (tertiary/aromatic N) is 3. The highest BCUT2D eigenvalue weighted by Crippen LogP contribution is 2.02. The molecule has 1 amide bonds. The fourth-order valence-corrected chi connectivity index (χ4v) is 1.41. The SMILES string of the molecule is O=C(Nc1ncn(CCO)n1)OCc1ccccc1. The molecule has 7 heteroatoms. The minimum atomic E-state index is -0.620. The molecular formula is C12H14N4O3. The van der Waals surface area contributed by atoms with E-state index in [0.29, 0.717) is 6.54 Å². The summed E-state index contributed by atoms with van der Waals surface area (Å²) in [5.41, 5.74) is 0.899. The van der Waals surface area contributed by atoms with Crippen LogP contribution in [0.2, 0.25) is 0 Å². The zero-order chi connectivity index (χ0) is 13.5. The first-order valence-electron chi connectivity index (χ1n) is 5.76. The Labute approximate surface area is 109 Å². The molecule has 2 N–H and O–H groups in total. The summed E-state index contributed by atoms with van der Waals surface area (Å²) in [6.07, 6.45) is 0.800. The van der Waals surface area contributed by atoms with Gasteiger partial charge in [-0.2, -0.15) is 0 Å². The summed E-state index contributed by atoms with van der Waals surface area (Å²) in [6.45, 7) is 0.471. The Bertz CT molecular complexity index is 527. The van der Waals surface area contributed by atoms with Crippen LogP contribution in [-0.4, -0.2) is 32.6 Å². The zero-order valence-electron chi connectivity index (χ0n) is 10.2. The summed E-state index contributed by atoms with van der Waals surface area (Å²) in [6, 6.07) is 9.35. The van der Waals surface area contributed by atoms with Gasteiger partial charge < -0.3 is 9.84 Å². The standard InChI is InChI=1S/C12H14N4O3/c17-7-6-16-9-13-11(15-16)14-12(18)19-8-10-4-2-1-3-5-10/h1-5,9,17H,6-8H2,(H,14,15,18). The number of amides is 1. The molecule has 0 saturated carbocycles. The molecule has 1 aromatic carbocycles. The Morgan fingerprint density at radius 1 is 1.37 bits per heavy atom. The van der Waals surface area contributed by atoms with Crippen LogP contribution in [0, 0.1) is 0 Å². The van der Waals surface area contributed by atoms with E-state index in [0.717, 1.165) is 5.56 Å². The highest BCUT2D eigenvalue weighted by Gasteiger charge is 2.07. The van der Waals surface area contributed by atoms with E-state index >= 15 is 0 Å². The van der Waals surface area contributed by atoms with Crippen molar-refractivity contribution in [2.45, 2.75) is 13.2 Å². The van der Waals surface area contributed by atoms with E-state index in [9.17, 15) is 4.79 Å². The molecule has 0 atom stereocenters. The highest BCUT2D eigenvalue weighted by atomic mass is 16.5. The van der Waals surface area contributed by atoms with E-state index in [2.05, 4.69) is 15.4 Å². The van der Waals surface area contributed by atoms with Crippen LogP contribution in [0.1, 0.15) is 5.56 Å². The zero-order valence-corrected chi connectivity index (χ0v) is 10.2. The summed E-state index contributed by atoms with van der Waals surface area (Å²) in [5, 5.41) is 15.1. The van der Waals surface area contributed by atoms with Gasteiger partial charge in [0.15, 0.2) is 0 Å². The van der Waals surface area contributed by atoms with E-state index in [1.54, 1.807) is 0 Å². The van der Waals surface area contributed by atoms with Crippen molar-refractivity contribution in [2.75, 3.05) is 11.9 Å². The van der Waals surface area contributed by atoms with E-state index < -0.39 is 6.09 Å². The van der Waals surface area contributed by atoms with Gasteiger partial charge in [0.25, 0.3) is 5.95 Å². The maximum absolute atomic E-state index is 11.5. The van der Waals surface area contributed by atoms with E-state index in [-0.39, 0.29) is 19.2 Å². The van der Waals surface area contributed by atoms with Crippen molar-refractivity contribution in [2.24, 2.45) is 0 Å². The minimum absolute atomic E-state index is 0.0404. The number of carbonyl (C=O) groups excluding carboxylic acids is 1. The number of hydrogen-bond donors (Lipinski definition) is 2. The van der Waals surface area contributed by atoms with Gasteiger partial charge in [0.2, 0.25) is 0 Å². The molecule has 2 rings (SSSR count). The number of benzene rings is 1. The van der Waals surface area contributed by atoms with Crippen LogP contribution in [0.25, 0.3) is 0 Å². The van der Waals surface area contributed by atoms with Crippen molar-refractivity contribution < 1.29 is 14.6 Å². The fourth-order valence-electron chi connectivity index (χ4n) is 1.41. The van der Waals surface area contributed by atoms with Gasteiger partial charge in [-0.1, -0.05) is 30.3 Å². The predicted octanol–water partition coefficient (Wildman–Crippen LogP) is 1.02. The first-order chi connectivity index (χ1) is 9.28. The van der Waals surface area contributed by atoms with Gasteiger partial charge in [-0.25, -0.2) is 14.5 Å². The van der Waals surface area contributed by atoms with Crippen molar-refractivity contribution >= 4 is 12.0 Å². The molecule has 1 heterocycles. The van der Waals surface area contributed by atoms with Crippen molar-refractivity contribution in [3.8, 4) is 0 Å². The molecule has 0 saturated heterocycles. The molecule has 0 spiro atoms. The highest BCUT2D eigenvalue weighted by molar-refractivity contribution is 5.82. The number of aliphatic hydroxyl groups is 1. The van der Waals surface area contributed by atoms with Gasteiger partial charge in [-0.05, 0) is 5.56 Å². The maximum Gasteiger partial charge on any atom is 0.414 e. The summed E-state index contributed by atoms with van der Waals surface area (Å²) in [5.74, 6) is 0.145. The van der Waals surface area contributed by atoms with E-state index in [4.69, 9.17) is 9.84 Å². The average Bonchev–Trinajstić information content (AvgIpc) is 2.85. The third-order valence-corrected chi connectivity index (χ3v) is 2.29. The number of rotatable bonds is 5. The number of aromatic nitrogens is 3. The predicted molar refractivity (Wildman–Crippen MR) is 67.4 cm³/mol. The fraction of sp³-hybridized carbons (Fsp3) is 0.250. The van der Waals surface area contributed by atoms with E-state index in [1.165, 1.54) is 11.0 Å². The number of carbonyl (C=O) groups is 1.